The lowest BCUT2D eigenvalue weighted by Crippen LogP contribution is -2.47. The number of amides is 2. The zero-order valence-corrected chi connectivity index (χ0v) is 16.0. The van der Waals surface area contributed by atoms with Crippen LogP contribution in [0.3, 0.4) is 0 Å². The number of halogens is 1. The normalized spacial score (nSPS) is 20.0. The molecule has 0 aliphatic carbocycles. The molecular formula is C19H23BrN2O3. The fourth-order valence-electron chi connectivity index (χ4n) is 3.75. The summed E-state index contributed by atoms with van der Waals surface area (Å²) in [5.41, 5.74) is 2.29. The van der Waals surface area contributed by atoms with Gasteiger partial charge in [-0.3, -0.25) is 9.59 Å². The number of carbonyl (C=O) groups is 2. The van der Waals surface area contributed by atoms with E-state index in [2.05, 4.69) is 22.5 Å². The lowest BCUT2D eigenvalue weighted by atomic mass is 9.93. The number of piperidine rings is 1. The van der Waals surface area contributed by atoms with Crippen molar-refractivity contribution in [1.82, 2.24) is 9.80 Å². The Hall–Kier alpha value is -1.82. The number of likely N-dealkylation sites (tertiary alicyclic amines) is 1. The van der Waals surface area contributed by atoms with Crippen LogP contribution in [0.1, 0.15) is 24.0 Å². The minimum atomic E-state index is -0.127. The van der Waals surface area contributed by atoms with Crippen molar-refractivity contribution < 1.29 is 14.3 Å². The van der Waals surface area contributed by atoms with Crippen LogP contribution in [0.15, 0.2) is 29.3 Å². The van der Waals surface area contributed by atoms with Crippen LogP contribution in [0.2, 0.25) is 0 Å². The third-order valence-corrected chi connectivity index (χ3v) is 5.84. The number of carbonyl (C=O) groups excluding carboxylic acids is 2. The van der Waals surface area contributed by atoms with Gasteiger partial charge in [0.25, 0.3) is 0 Å². The molecule has 2 heterocycles. The zero-order valence-electron chi connectivity index (χ0n) is 14.5. The van der Waals surface area contributed by atoms with Crippen molar-refractivity contribution in [3.63, 3.8) is 0 Å². The van der Waals surface area contributed by atoms with Gasteiger partial charge in [-0.25, -0.2) is 0 Å². The summed E-state index contributed by atoms with van der Waals surface area (Å²) >= 11 is 3.60. The third kappa shape index (κ3) is 3.59. The van der Waals surface area contributed by atoms with Gasteiger partial charge in [-0.05, 0) is 43.0 Å². The number of hydrogen-bond acceptors (Lipinski definition) is 3. The van der Waals surface area contributed by atoms with Crippen LogP contribution in [0.4, 0.5) is 0 Å². The van der Waals surface area contributed by atoms with Crippen molar-refractivity contribution in [2.45, 2.75) is 25.8 Å². The minimum absolute atomic E-state index is 0.0907. The highest BCUT2D eigenvalue weighted by molar-refractivity contribution is 9.10. The lowest BCUT2D eigenvalue weighted by molar-refractivity contribution is -0.140. The van der Waals surface area contributed by atoms with Crippen LogP contribution in [-0.4, -0.2) is 48.4 Å². The molecule has 0 aromatic heterocycles. The Morgan fingerprint density at radius 1 is 1.28 bits per heavy atom. The molecule has 1 aromatic rings. The maximum atomic E-state index is 13.0. The summed E-state index contributed by atoms with van der Waals surface area (Å²) in [4.78, 5) is 28.5. The molecule has 0 spiro atoms. The average molecular weight is 407 g/mol. The maximum Gasteiger partial charge on any atom is 0.245 e. The van der Waals surface area contributed by atoms with E-state index < -0.39 is 0 Å². The van der Waals surface area contributed by atoms with Gasteiger partial charge in [-0.2, -0.15) is 0 Å². The van der Waals surface area contributed by atoms with Gasteiger partial charge in [0.1, 0.15) is 5.75 Å². The average Bonchev–Trinajstić information content (AvgIpc) is 2.67. The predicted octanol–water partition coefficient (Wildman–Crippen LogP) is 2.77. The number of methoxy groups -OCH3 is 1. The Balaban J connectivity index is 1.75. The van der Waals surface area contributed by atoms with Crippen molar-refractivity contribution in [2.24, 2.45) is 5.92 Å². The van der Waals surface area contributed by atoms with Crippen molar-refractivity contribution in [2.75, 3.05) is 26.7 Å². The summed E-state index contributed by atoms with van der Waals surface area (Å²) in [6.45, 7) is 5.99. The standard InChI is InChI=1S/C19H23BrN2O3/c1-3-18(23)21-9-4-5-13(11-21)19(24)22-10-8-14-15(12-22)17(25-2)7-6-16(14)20/h3,6-7,13H,1,4-5,8-12H2,2H3. The molecule has 134 valence electrons. The Morgan fingerprint density at radius 3 is 2.80 bits per heavy atom. The van der Waals surface area contributed by atoms with E-state index in [1.165, 1.54) is 11.6 Å². The van der Waals surface area contributed by atoms with E-state index in [0.29, 0.717) is 26.2 Å². The first-order chi connectivity index (χ1) is 12.0. The molecule has 2 amide bonds. The second kappa shape index (κ2) is 7.60. The SMILES string of the molecule is C=CC(=O)N1CCCC(C(=O)N2CCc3c(Br)ccc(OC)c3C2)C1. The first-order valence-corrected chi connectivity index (χ1v) is 9.38. The van der Waals surface area contributed by atoms with E-state index >= 15 is 0 Å². The summed E-state index contributed by atoms with van der Waals surface area (Å²) in [6, 6.07) is 3.93. The molecule has 0 radical (unpaired) electrons. The predicted molar refractivity (Wildman–Crippen MR) is 99.3 cm³/mol. The van der Waals surface area contributed by atoms with Crippen LogP contribution < -0.4 is 4.74 Å². The summed E-state index contributed by atoms with van der Waals surface area (Å²) in [5, 5.41) is 0. The Kier molecular flexibility index (Phi) is 5.47. The highest BCUT2D eigenvalue weighted by atomic mass is 79.9. The number of nitrogens with zero attached hydrogens (tertiary/aromatic N) is 2. The molecule has 0 bridgehead atoms. The quantitative estimate of drug-likeness (QED) is 0.725. The van der Waals surface area contributed by atoms with Gasteiger partial charge in [-0.15, -0.1) is 0 Å². The molecule has 5 nitrogen and oxygen atoms in total. The van der Waals surface area contributed by atoms with Gasteiger partial charge in [-0.1, -0.05) is 22.5 Å². The second-order valence-corrected chi connectivity index (χ2v) is 7.40. The summed E-state index contributed by atoms with van der Waals surface area (Å²) in [6.07, 6.45) is 3.82. The fraction of sp³-hybridized carbons (Fsp3) is 0.474. The highest BCUT2D eigenvalue weighted by Crippen LogP contribution is 2.34. The van der Waals surface area contributed by atoms with Crippen LogP contribution in [0.25, 0.3) is 0 Å². The zero-order chi connectivity index (χ0) is 18.0. The van der Waals surface area contributed by atoms with Gasteiger partial charge < -0.3 is 14.5 Å². The van der Waals surface area contributed by atoms with Crippen molar-refractivity contribution >= 4 is 27.7 Å². The fourth-order valence-corrected chi connectivity index (χ4v) is 4.32. The van der Waals surface area contributed by atoms with E-state index in [4.69, 9.17) is 4.74 Å². The van der Waals surface area contributed by atoms with Crippen LogP contribution in [0.5, 0.6) is 5.75 Å². The second-order valence-electron chi connectivity index (χ2n) is 6.54. The Bertz CT molecular complexity index is 704. The highest BCUT2D eigenvalue weighted by Gasteiger charge is 2.33. The molecule has 1 fully saturated rings. The summed E-state index contributed by atoms with van der Waals surface area (Å²) < 4.78 is 6.55. The van der Waals surface area contributed by atoms with E-state index in [1.54, 1.807) is 12.0 Å². The Labute approximate surface area is 156 Å². The molecule has 3 rings (SSSR count). The number of fused-ring (bicyclic) bond motifs is 1. The maximum absolute atomic E-state index is 13.0. The molecule has 2 aliphatic heterocycles. The topological polar surface area (TPSA) is 49.9 Å². The molecule has 0 N–H and O–H groups in total. The first kappa shape index (κ1) is 18.0. The molecule has 0 saturated carbocycles. The molecular weight excluding hydrogens is 384 g/mol. The monoisotopic (exact) mass is 406 g/mol. The van der Waals surface area contributed by atoms with Crippen LogP contribution in [-0.2, 0) is 22.6 Å². The number of rotatable bonds is 3. The minimum Gasteiger partial charge on any atom is -0.496 e. The largest absolute Gasteiger partial charge is 0.496 e. The lowest BCUT2D eigenvalue weighted by Gasteiger charge is -2.37. The van der Waals surface area contributed by atoms with Gasteiger partial charge in [0.2, 0.25) is 11.8 Å². The van der Waals surface area contributed by atoms with Crippen molar-refractivity contribution in [3.8, 4) is 5.75 Å². The Morgan fingerprint density at radius 2 is 2.08 bits per heavy atom. The van der Waals surface area contributed by atoms with Crippen LogP contribution in [0, 0.1) is 5.92 Å². The summed E-state index contributed by atoms with van der Waals surface area (Å²) in [5.74, 6) is 0.737. The van der Waals surface area contributed by atoms with Crippen molar-refractivity contribution in [1.29, 1.82) is 0 Å². The molecule has 1 aromatic carbocycles. The van der Waals surface area contributed by atoms with Crippen LogP contribution >= 0.6 is 15.9 Å². The number of benzene rings is 1. The van der Waals surface area contributed by atoms with Crippen molar-refractivity contribution in [3.05, 3.63) is 40.4 Å². The molecule has 2 aliphatic rings. The van der Waals surface area contributed by atoms with Gasteiger partial charge in [0, 0.05) is 36.2 Å². The van der Waals surface area contributed by atoms with E-state index in [1.807, 2.05) is 17.0 Å². The van der Waals surface area contributed by atoms with Gasteiger partial charge in [0.15, 0.2) is 0 Å². The number of ether oxygens (including phenoxy) is 1. The van der Waals surface area contributed by atoms with Gasteiger partial charge >= 0.3 is 0 Å². The third-order valence-electron chi connectivity index (χ3n) is 5.10. The molecule has 1 unspecified atom stereocenters. The van der Waals surface area contributed by atoms with E-state index in [-0.39, 0.29) is 17.7 Å². The summed E-state index contributed by atoms with van der Waals surface area (Å²) in [7, 11) is 1.66. The van der Waals surface area contributed by atoms with E-state index in [0.717, 1.165) is 35.0 Å². The first-order valence-electron chi connectivity index (χ1n) is 8.59. The number of hydrogen-bond donors (Lipinski definition) is 0. The molecule has 1 atom stereocenters. The molecule has 25 heavy (non-hydrogen) atoms. The van der Waals surface area contributed by atoms with E-state index in [9.17, 15) is 9.59 Å². The molecule has 6 heteroatoms. The van der Waals surface area contributed by atoms with Gasteiger partial charge in [0.05, 0.1) is 13.0 Å². The molecule has 1 saturated heterocycles. The smallest absolute Gasteiger partial charge is 0.245 e.